The van der Waals surface area contributed by atoms with Crippen molar-refractivity contribution < 1.29 is 23.0 Å². The molecule has 1 aromatic rings. The molecule has 1 rings (SSSR count). The summed E-state index contributed by atoms with van der Waals surface area (Å²) in [4.78, 5) is 11.6. The minimum absolute atomic E-state index is 0.0118. The van der Waals surface area contributed by atoms with Crippen molar-refractivity contribution in [1.82, 2.24) is 0 Å². The average Bonchev–Trinajstić information content (AvgIpc) is 2.45. The number of carbonyl (C=O) groups is 1. The molecule has 3 N–H and O–H groups in total. The molecule has 0 bridgehead atoms. The maximum Gasteiger partial charge on any atom is 0.261 e. The maximum absolute atomic E-state index is 11.8. The van der Waals surface area contributed by atoms with Gasteiger partial charge in [-0.05, 0) is 25.1 Å². The summed E-state index contributed by atoms with van der Waals surface area (Å²) in [6.07, 6.45) is -2.51. The fourth-order valence-electron chi connectivity index (χ4n) is 1.67. The first-order chi connectivity index (χ1) is 10.1. The van der Waals surface area contributed by atoms with Gasteiger partial charge in [-0.25, -0.2) is 8.78 Å². The van der Waals surface area contributed by atoms with Crippen LogP contribution in [0, 0.1) is 0 Å². The predicted molar refractivity (Wildman–Crippen MR) is 75.6 cm³/mol. The van der Waals surface area contributed by atoms with E-state index in [2.05, 4.69) is 10.1 Å². The third-order valence-electron chi connectivity index (χ3n) is 2.58. The Kier molecular flexibility index (Phi) is 7.63. The number of nitrogens with two attached hydrogens (primary N) is 1. The SMILES string of the molecule is CCOc1ccc(NC(=O)CCOCC(F)F)cc1CN. The molecule has 0 aromatic heterocycles. The monoisotopic (exact) mass is 302 g/mol. The summed E-state index contributed by atoms with van der Waals surface area (Å²) in [5.41, 5.74) is 6.99. The average molecular weight is 302 g/mol. The number of amides is 1. The van der Waals surface area contributed by atoms with E-state index >= 15 is 0 Å². The van der Waals surface area contributed by atoms with E-state index in [-0.39, 0.29) is 25.5 Å². The van der Waals surface area contributed by atoms with Gasteiger partial charge in [0.15, 0.2) is 0 Å². The lowest BCUT2D eigenvalue weighted by molar-refractivity contribution is -0.117. The summed E-state index contributed by atoms with van der Waals surface area (Å²) < 4.78 is 33.7. The van der Waals surface area contributed by atoms with Crippen molar-refractivity contribution in [3.8, 4) is 5.75 Å². The van der Waals surface area contributed by atoms with Crippen LogP contribution in [-0.2, 0) is 16.1 Å². The number of hydrogen-bond acceptors (Lipinski definition) is 4. The van der Waals surface area contributed by atoms with Crippen molar-refractivity contribution in [1.29, 1.82) is 0 Å². The summed E-state index contributed by atoms with van der Waals surface area (Å²) in [5.74, 6) is 0.370. The third kappa shape index (κ3) is 6.50. The van der Waals surface area contributed by atoms with Crippen LogP contribution in [0.25, 0.3) is 0 Å². The first-order valence-corrected chi connectivity index (χ1v) is 6.68. The first-order valence-electron chi connectivity index (χ1n) is 6.68. The van der Waals surface area contributed by atoms with Crippen LogP contribution in [0.1, 0.15) is 18.9 Å². The van der Waals surface area contributed by atoms with Crippen molar-refractivity contribution in [2.24, 2.45) is 5.73 Å². The van der Waals surface area contributed by atoms with Crippen LogP contribution in [-0.4, -0.2) is 32.2 Å². The number of rotatable bonds is 9. The predicted octanol–water partition coefficient (Wildman–Crippen LogP) is 2.15. The number of anilines is 1. The van der Waals surface area contributed by atoms with Crippen LogP contribution in [0.5, 0.6) is 5.75 Å². The fraction of sp³-hybridized carbons (Fsp3) is 0.500. The summed E-state index contributed by atoms with van der Waals surface area (Å²) in [6, 6.07) is 5.15. The molecular formula is C14H20F2N2O3. The number of benzene rings is 1. The largest absolute Gasteiger partial charge is 0.494 e. The van der Waals surface area contributed by atoms with Crippen LogP contribution in [0.3, 0.4) is 0 Å². The molecule has 0 fully saturated rings. The summed E-state index contributed by atoms with van der Waals surface area (Å²) in [6.45, 7) is 1.98. The third-order valence-corrected chi connectivity index (χ3v) is 2.58. The molecule has 0 aliphatic carbocycles. The second kappa shape index (κ2) is 9.25. The van der Waals surface area contributed by atoms with Crippen LogP contribution in [0.15, 0.2) is 18.2 Å². The van der Waals surface area contributed by atoms with E-state index in [0.717, 1.165) is 5.56 Å². The van der Waals surface area contributed by atoms with Gasteiger partial charge in [-0.1, -0.05) is 0 Å². The number of hydrogen-bond donors (Lipinski definition) is 2. The molecule has 0 aliphatic heterocycles. The minimum Gasteiger partial charge on any atom is -0.494 e. The van der Waals surface area contributed by atoms with E-state index in [1.54, 1.807) is 18.2 Å². The van der Waals surface area contributed by atoms with Crippen molar-refractivity contribution in [2.75, 3.05) is 25.1 Å². The molecule has 0 atom stereocenters. The zero-order valence-corrected chi connectivity index (χ0v) is 11.9. The minimum atomic E-state index is -2.52. The van der Waals surface area contributed by atoms with Gasteiger partial charge in [-0.15, -0.1) is 0 Å². The Labute approximate surface area is 122 Å². The Bertz CT molecular complexity index is 456. The lowest BCUT2D eigenvalue weighted by atomic mass is 10.1. The van der Waals surface area contributed by atoms with Crippen LogP contribution in [0.4, 0.5) is 14.5 Å². The molecule has 7 heteroatoms. The maximum atomic E-state index is 11.8. The van der Waals surface area contributed by atoms with Gasteiger partial charge in [0.05, 0.1) is 19.6 Å². The molecule has 0 unspecified atom stereocenters. The van der Waals surface area contributed by atoms with E-state index in [1.165, 1.54) is 0 Å². The normalized spacial score (nSPS) is 10.7. The van der Waals surface area contributed by atoms with E-state index in [4.69, 9.17) is 10.5 Å². The summed E-state index contributed by atoms with van der Waals surface area (Å²) in [7, 11) is 0. The van der Waals surface area contributed by atoms with Gasteiger partial charge >= 0.3 is 0 Å². The Balaban J connectivity index is 2.48. The number of alkyl halides is 2. The molecule has 0 radical (unpaired) electrons. The molecule has 21 heavy (non-hydrogen) atoms. The highest BCUT2D eigenvalue weighted by atomic mass is 19.3. The summed E-state index contributed by atoms with van der Waals surface area (Å²) >= 11 is 0. The fourth-order valence-corrected chi connectivity index (χ4v) is 1.67. The number of carbonyl (C=O) groups excluding carboxylic acids is 1. The number of ether oxygens (including phenoxy) is 2. The van der Waals surface area contributed by atoms with Gasteiger partial charge in [0, 0.05) is 17.8 Å². The molecule has 0 spiro atoms. The molecule has 118 valence electrons. The first kappa shape index (κ1) is 17.3. The van der Waals surface area contributed by atoms with Crippen molar-refractivity contribution >= 4 is 11.6 Å². The van der Waals surface area contributed by atoms with Gasteiger partial charge in [0.2, 0.25) is 5.91 Å². The smallest absolute Gasteiger partial charge is 0.261 e. The van der Waals surface area contributed by atoms with E-state index in [1.807, 2.05) is 6.92 Å². The highest BCUT2D eigenvalue weighted by molar-refractivity contribution is 5.90. The second-order valence-corrected chi connectivity index (χ2v) is 4.22. The lowest BCUT2D eigenvalue weighted by Crippen LogP contribution is -2.16. The summed E-state index contributed by atoms with van der Waals surface area (Å²) in [5, 5.41) is 2.66. The van der Waals surface area contributed by atoms with Gasteiger partial charge in [0.1, 0.15) is 12.4 Å². The molecule has 0 saturated heterocycles. The van der Waals surface area contributed by atoms with Crippen LogP contribution < -0.4 is 15.8 Å². The topological polar surface area (TPSA) is 73.6 Å². The highest BCUT2D eigenvalue weighted by Crippen LogP contribution is 2.22. The molecule has 0 saturated carbocycles. The van der Waals surface area contributed by atoms with Gasteiger partial charge in [-0.3, -0.25) is 4.79 Å². The Morgan fingerprint density at radius 2 is 2.19 bits per heavy atom. The Hall–Kier alpha value is -1.73. The highest BCUT2D eigenvalue weighted by Gasteiger charge is 2.08. The standard InChI is InChI=1S/C14H20F2N2O3/c1-2-21-12-4-3-11(7-10(12)8-17)18-14(19)5-6-20-9-13(15)16/h3-4,7,13H,2,5-6,8-9,17H2,1H3,(H,18,19). The molecule has 5 nitrogen and oxygen atoms in total. The molecule has 0 aliphatic rings. The van der Waals surface area contributed by atoms with Crippen molar-refractivity contribution in [2.45, 2.75) is 26.3 Å². The van der Waals surface area contributed by atoms with Gasteiger partial charge in [-0.2, -0.15) is 0 Å². The van der Waals surface area contributed by atoms with Crippen LogP contribution >= 0.6 is 0 Å². The quantitative estimate of drug-likeness (QED) is 0.686. The molecular weight excluding hydrogens is 282 g/mol. The molecule has 0 heterocycles. The van der Waals surface area contributed by atoms with Crippen molar-refractivity contribution in [3.05, 3.63) is 23.8 Å². The van der Waals surface area contributed by atoms with Gasteiger partial charge in [0.25, 0.3) is 6.43 Å². The van der Waals surface area contributed by atoms with Gasteiger partial charge < -0.3 is 20.5 Å². The van der Waals surface area contributed by atoms with Crippen molar-refractivity contribution in [3.63, 3.8) is 0 Å². The molecule has 1 aromatic carbocycles. The van der Waals surface area contributed by atoms with E-state index in [0.29, 0.717) is 18.0 Å². The van der Waals surface area contributed by atoms with E-state index in [9.17, 15) is 13.6 Å². The zero-order valence-electron chi connectivity index (χ0n) is 11.9. The Morgan fingerprint density at radius 3 is 2.81 bits per heavy atom. The zero-order chi connectivity index (χ0) is 15.7. The van der Waals surface area contributed by atoms with Crippen LogP contribution in [0.2, 0.25) is 0 Å². The molecule has 1 amide bonds. The second-order valence-electron chi connectivity index (χ2n) is 4.22. The van der Waals surface area contributed by atoms with E-state index < -0.39 is 13.0 Å². The Morgan fingerprint density at radius 1 is 1.43 bits per heavy atom. The lowest BCUT2D eigenvalue weighted by Gasteiger charge is -2.11. The number of nitrogens with one attached hydrogen (secondary N) is 1. The number of halogens is 2.